The zero-order chi connectivity index (χ0) is 27.0. The number of allylic oxidation sites excluding steroid dienone is 1. The van der Waals surface area contributed by atoms with E-state index in [0.29, 0.717) is 13.0 Å². The summed E-state index contributed by atoms with van der Waals surface area (Å²) in [6, 6.07) is 12.1. The molecule has 36 heavy (non-hydrogen) atoms. The zero-order valence-electron chi connectivity index (χ0n) is 24.0. The predicted molar refractivity (Wildman–Crippen MR) is 160 cm³/mol. The van der Waals surface area contributed by atoms with E-state index in [2.05, 4.69) is 110 Å². The Bertz CT molecular complexity index is 973. The Labute approximate surface area is 223 Å². The molecule has 3 nitrogen and oxygen atoms in total. The van der Waals surface area contributed by atoms with Crippen molar-refractivity contribution in [3.8, 4) is 11.8 Å². The van der Waals surface area contributed by atoms with Gasteiger partial charge in [-0.05, 0) is 70.9 Å². The largest absolute Gasteiger partial charge is 0.408 e. The third-order valence-electron chi connectivity index (χ3n) is 7.22. The van der Waals surface area contributed by atoms with Crippen molar-refractivity contribution in [1.82, 2.24) is 0 Å². The van der Waals surface area contributed by atoms with Gasteiger partial charge in [0.2, 0.25) is 0 Å². The Morgan fingerprint density at radius 3 is 2.22 bits per heavy atom. The summed E-state index contributed by atoms with van der Waals surface area (Å²) >= 11 is 0. The second kappa shape index (κ2) is 12.7. The first-order valence-electron chi connectivity index (χ1n) is 13.4. The van der Waals surface area contributed by atoms with Crippen LogP contribution in [0.1, 0.15) is 59.4 Å². The molecular formula is C31H48O3Si2. The molecule has 1 saturated carbocycles. The van der Waals surface area contributed by atoms with Gasteiger partial charge in [0.25, 0.3) is 0 Å². The third-order valence-corrected chi connectivity index (χ3v) is 11.8. The van der Waals surface area contributed by atoms with Gasteiger partial charge in [-0.1, -0.05) is 85.9 Å². The molecule has 0 radical (unpaired) electrons. The maximum Gasteiger partial charge on any atom is 0.338 e. The molecule has 5 heteroatoms. The van der Waals surface area contributed by atoms with Crippen molar-refractivity contribution in [2.24, 2.45) is 5.41 Å². The fraction of sp³-hybridized carbons (Fsp3) is 0.548. The molecule has 0 bridgehead atoms. The molecule has 0 spiro atoms. The van der Waals surface area contributed by atoms with Crippen molar-refractivity contribution >= 4 is 23.0 Å². The first kappa shape index (κ1) is 30.5. The molecule has 0 N–H and O–H groups in total. The summed E-state index contributed by atoms with van der Waals surface area (Å²) in [6.45, 7) is 26.3. The number of rotatable bonds is 14. The van der Waals surface area contributed by atoms with Gasteiger partial charge < -0.3 is 13.3 Å². The lowest BCUT2D eigenvalue weighted by Crippen LogP contribution is -2.59. The number of benzene rings is 1. The maximum atomic E-state index is 7.06. The minimum atomic E-state index is -2.52. The van der Waals surface area contributed by atoms with Gasteiger partial charge in [0, 0.05) is 11.8 Å². The molecule has 2 rings (SSSR count). The fourth-order valence-corrected chi connectivity index (χ4v) is 9.06. The highest BCUT2D eigenvalue weighted by Crippen LogP contribution is 2.62. The lowest BCUT2D eigenvalue weighted by atomic mass is 9.77. The summed E-state index contributed by atoms with van der Waals surface area (Å²) in [4.78, 5) is 0. The van der Waals surface area contributed by atoms with Gasteiger partial charge in [0.15, 0.2) is 8.32 Å². The van der Waals surface area contributed by atoms with E-state index >= 15 is 0 Å². The van der Waals surface area contributed by atoms with E-state index in [1.807, 2.05) is 12.1 Å². The summed E-state index contributed by atoms with van der Waals surface area (Å²) in [7, 11) is -4.47. The molecule has 1 aliphatic rings. The Hall–Kier alpha value is -1.69. The summed E-state index contributed by atoms with van der Waals surface area (Å²) in [6.07, 6.45) is 6.39. The summed E-state index contributed by atoms with van der Waals surface area (Å²) < 4.78 is 20.5. The van der Waals surface area contributed by atoms with Crippen LogP contribution in [-0.2, 0) is 13.3 Å². The second-order valence-corrected chi connectivity index (χ2v) is 19.5. The van der Waals surface area contributed by atoms with Crippen LogP contribution in [0.2, 0.25) is 31.7 Å². The maximum absolute atomic E-state index is 7.06. The van der Waals surface area contributed by atoms with Crippen LogP contribution < -0.4 is 0 Å². The molecular weight excluding hydrogens is 477 g/mol. The van der Waals surface area contributed by atoms with Gasteiger partial charge in [-0.3, -0.25) is 0 Å². The number of hydrogen-bond acceptors (Lipinski definition) is 3. The molecule has 1 aromatic carbocycles. The smallest absolute Gasteiger partial charge is 0.338 e. The summed E-state index contributed by atoms with van der Waals surface area (Å²) in [5, 5.41) is 0. The summed E-state index contributed by atoms with van der Waals surface area (Å²) in [5.74, 6) is 7.04. The molecule has 0 aliphatic heterocycles. The lowest BCUT2D eigenvalue weighted by molar-refractivity contribution is -0.0631. The Balaban J connectivity index is 2.52. The topological polar surface area (TPSA) is 27.7 Å². The van der Waals surface area contributed by atoms with Crippen LogP contribution in [0.3, 0.4) is 0 Å². The second-order valence-electron chi connectivity index (χ2n) is 11.3. The van der Waals surface area contributed by atoms with Crippen molar-refractivity contribution in [3.63, 3.8) is 0 Å². The fourth-order valence-electron chi connectivity index (χ4n) is 5.04. The van der Waals surface area contributed by atoms with E-state index in [0.717, 1.165) is 30.5 Å². The molecule has 0 amide bonds. The SMILES string of the molecule is C=CCO[Si](CC)(CC)O[C@@H](C#CC/C(C)=C/c1ccccc1)[C@](C)(O[Si](C)(C)C)C1(C(=C)C)CC1. The van der Waals surface area contributed by atoms with Gasteiger partial charge in [-0.15, -0.1) is 6.58 Å². The molecule has 2 atom stereocenters. The van der Waals surface area contributed by atoms with Crippen LogP contribution in [0.25, 0.3) is 6.08 Å². The van der Waals surface area contributed by atoms with E-state index < -0.39 is 28.6 Å². The van der Waals surface area contributed by atoms with Crippen LogP contribution in [0.4, 0.5) is 0 Å². The van der Waals surface area contributed by atoms with Crippen molar-refractivity contribution < 1.29 is 13.3 Å². The average Bonchev–Trinajstić information content (AvgIpc) is 3.63. The van der Waals surface area contributed by atoms with E-state index in [9.17, 15) is 0 Å². The molecule has 0 aromatic heterocycles. The van der Waals surface area contributed by atoms with Crippen LogP contribution in [0, 0.1) is 17.3 Å². The van der Waals surface area contributed by atoms with Gasteiger partial charge in [-0.2, -0.15) is 0 Å². The minimum absolute atomic E-state index is 0.123. The normalized spacial score (nSPS) is 17.9. The third kappa shape index (κ3) is 7.66. The predicted octanol–water partition coefficient (Wildman–Crippen LogP) is 8.52. The van der Waals surface area contributed by atoms with Gasteiger partial charge in [0.1, 0.15) is 6.10 Å². The van der Waals surface area contributed by atoms with Crippen LogP contribution in [-0.4, -0.2) is 35.2 Å². The quantitative estimate of drug-likeness (QED) is 0.139. The molecule has 0 heterocycles. The van der Waals surface area contributed by atoms with Crippen molar-refractivity contribution in [3.05, 3.63) is 66.3 Å². The average molecular weight is 525 g/mol. The molecule has 1 aromatic rings. The standard InChI is InChI=1S/C31H48O3Si2/c1-11-24-32-36(12-2,13-3)33-29(21-17-18-27(6)25-28-19-15-14-16-20-28)30(7,34-35(8,9)10)31(22-23-31)26(4)5/h11,14-16,19-20,25,29H,1,4,12-13,18,22-24H2,2-3,5-10H3/b27-25+/t29-,30-/m0/s1. The van der Waals surface area contributed by atoms with Crippen LogP contribution in [0.15, 0.2) is 60.7 Å². The van der Waals surface area contributed by atoms with Crippen LogP contribution in [0.5, 0.6) is 0 Å². The van der Waals surface area contributed by atoms with Gasteiger partial charge in [0.05, 0.1) is 12.2 Å². The summed E-state index contributed by atoms with van der Waals surface area (Å²) in [5.41, 5.74) is 2.86. The Kier molecular flexibility index (Phi) is 10.8. The van der Waals surface area contributed by atoms with Gasteiger partial charge in [-0.25, -0.2) is 0 Å². The highest BCUT2D eigenvalue weighted by atomic mass is 28.4. The van der Waals surface area contributed by atoms with E-state index in [4.69, 9.17) is 13.3 Å². The molecule has 1 aliphatic carbocycles. The van der Waals surface area contributed by atoms with Crippen molar-refractivity contribution in [2.45, 2.75) is 97.3 Å². The van der Waals surface area contributed by atoms with Crippen molar-refractivity contribution in [1.29, 1.82) is 0 Å². The first-order chi connectivity index (χ1) is 16.9. The Morgan fingerprint density at radius 2 is 1.75 bits per heavy atom. The monoisotopic (exact) mass is 524 g/mol. The van der Waals surface area contributed by atoms with Crippen molar-refractivity contribution in [2.75, 3.05) is 6.61 Å². The van der Waals surface area contributed by atoms with E-state index in [1.54, 1.807) is 0 Å². The highest BCUT2D eigenvalue weighted by Gasteiger charge is 2.63. The lowest BCUT2D eigenvalue weighted by Gasteiger charge is -2.48. The number of hydrogen-bond donors (Lipinski definition) is 0. The minimum Gasteiger partial charge on any atom is -0.408 e. The molecule has 0 saturated heterocycles. The first-order valence-corrected chi connectivity index (χ1v) is 19.0. The Morgan fingerprint density at radius 1 is 1.14 bits per heavy atom. The highest BCUT2D eigenvalue weighted by molar-refractivity contribution is 6.70. The molecule has 0 unspecified atom stereocenters. The van der Waals surface area contributed by atoms with E-state index in [1.165, 1.54) is 11.1 Å². The van der Waals surface area contributed by atoms with Crippen LogP contribution >= 0.6 is 0 Å². The molecule has 1 fully saturated rings. The molecule has 198 valence electrons. The van der Waals surface area contributed by atoms with E-state index in [-0.39, 0.29) is 5.41 Å². The zero-order valence-corrected chi connectivity index (χ0v) is 26.0. The van der Waals surface area contributed by atoms with Gasteiger partial charge >= 0.3 is 8.56 Å².